The zero-order valence-corrected chi connectivity index (χ0v) is 14.5. The molecule has 0 radical (unpaired) electrons. The third-order valence-corrected chi connectivity index (χ3v) is 4.59. The van der Waals surface area contributed by atoms with Crippen LogP contribution in [-0.2, 0) is 6.42 Å². The molecule has 4 aromatic rings. The zero-order valence-electron chi connectivity index (χ0n) is 13.7. The van der Waals surface area contributed by atoms with Crippen molar-refractivity contribution in [3.8, 4) is 16.5 Å². The van der Waals surface area contributed by atoms with Gasteiger partial charge >= 0.3 is 0 Å². The van der Waals surface area contributed by atoms with Crippen molar-refractivity contribution in [1.82, 2.24) is 25.2 Å². The number of thiazole rings is 1. The summed E-state index contributed by atoms with van der Waals surface area (Å²) >= 11 is 1.51. The minimum atomic E-state index is -0.265. The highest BCUT2D eigenvalue weighted by atomic mass is 32.1. The second-order valence-corrected chi connectivity index (χ2v) is 6.36. The second-order valence-electron chi connectivity index (χ2n) is 5.52. The van der Waals surface area contributed by atoms with E-state index in [4.69, 9.17) is 4.52 Å². The minimum Gasteiger partial charge on any atom is -0.355 e. The molecule has 0 spiro atoms. The summed E-state index contributed by atoms with van der Waals surface area (Å²) in [6, 6.07) is 13.0. The molecule has 0 atom stereocenters. The van der Waals surface area contributed by atoms with Gasteiger partial charge in [-0.1, -0.05) is 35.5 Å². The molecular weight excluding hydrogens is 350 g/mol. The first-order valence-corrected chi connectivity index (χ1v) is 8.92. The Morgan fingerprint density at radius 1 is 1.23 bits per heavy atom. The average Bonchev–Trinajstić information content (AvgIpc) is 3.42. The highest BCUT2D eigenvalue weighted by Gasteiger charge is 2.13. The maximum atomic E-state index is 12.2. The van der Waals surface area contributed by atoms with Crippen LogP contribution < -0.4 is 5.32 Å². The van der Waals surface area contributed by atoms with Gasteiger partial charge in [0.1, 0.15) is 0 Å². The van der Waals surface area contributed by atoms with Crippen molar-refractivity contribution < 1.29 is 9.32 Å². The third kappa shape index (κ3) is 3.55. The van der Waals surface area contributed by atoms with E-state index >= 15 is 0 Å². The third-order valence-electron chi connectivity index (χ3n) is 3.71. The standard InChI is InChI=1S/C18H15N5O2S/c24-17(15-11-16(25-22-15)13-5-2-1-3-6-13)19-9-7-14-12-26-18(21-14)23-10-4-8-20-23/h1-6,8,10-12H,7,9H2,(H,19,24). The van der Waals surface area contributed by atoms with Crippen LogP contribution in [0.4, 0.5) is 0 Å². The highest BCUT2D eigenvalue weighted by molar-refractivity contribution is 7.12. The number of carbonyl (C=O) groups is 1. The molecule has 0 saturated heterocycles. The van der Waals surface area contributed by atoms with Crippen molar-refractivity contribution in [2.75, 3.05) is 6.54 Å². The molecule has 26 heavy (non-hydrogen) atoms. The van der Waals surface area contributed by atoms with Gasteiger partial charge in [0.15, 0.2) is 11.5 Å². The maximum absolute atomic E-state index is 12.2. The number of nitrogens with zero attached hydrogens (tertiary/aromatic N) is 4. The fraction of sp³-hybridized carbons (Fsp3) is 0.111. The van der Waals surface area contributed by atoms with E-state index in [1.165, 1.54) is 11.3 Å². The van der Waals surface area contributed by atoms with Gasteiger partial charge in [0.2, 0.25) is 5.13 Å². The molecular formula is C18H15N5O2S. The van der Waals surface area contributed by atoms with Gasteiger partial charge in [0.25, 0.3) is 5.91 Å². The number of benzene rings is 1. The minimum absolute atomic E-state index is 0.263. The molecule has 0 aliphatic rings. The van der Waals surface area contributed by atoms with Crippen LogP contribution >= 0.6 is 11.3 Å². The first-order chi connectivity index (χ1) is 12.8. The van der Waals surface area contributed by atoms with Crippen LogP contribution in [0.1, 0.15) is 16.2 Å². The zero-order chi connectivity index (χ0) is 17.8. The van der Waals surface area contributed by atoms with E-state index in [-0.39, 0.29) is 11.6 Å². The molecule has 130 valence electrons. The van der Waals surface area contributed by atoms with Gasteiger partial charge in [-0.2, -0.15) is 5.10 Å². The summed E-state index contributed by atoms with van der Waals surface area (Å²) in [6.07, 6.45) is 4.19. The number of hydrogen-bond donors (Lipinski definition) is 1. The Bertz CT molecular complexity index is 992. The van der Waals surface area contributed by atoms with Crippen molar-refractivity contribution in [1.29, 1.82) is 0 Å². The predicted molar refractivity (Wildman–Crippen MR) is 97.2 cm³/mol. The second kappa shape index (κ2) is 7.32. The normalized spacial score (nSPS) is 10.8. The molecule has 4 rings (SSSR count). The van der Waals surface area contributed by atoms with Crippen LogP contribution in [0.2, 0.25) is 0 Å². The first kappa shape index (κ1) is 16.2. The van der Waals surface area contributed by atoms with E-state index in [1.807, 2.05) is 48.0 Å². The Morgan fingerprint density at radius 3 is 2.92 bits per heavy atom. The molecule has 1 N–H and O–H groups in total. The highest BCUT2D eigenvalue weighted by Crippen LogP contribution is 2.19. The average molecular weight is 365 g/mol. The number of aromatic nitrogens is 4. The van der Waals surface area contributed by atoms with Gasteiger partial charge in [-0.15, -0.1) is 11.3 Å². The van der Waals surface area contributed by atoms with Gasteiger partial charge < -0.3 is 9.84 Å². The van der Waals surface area contributed by atoms with Gasteiger partial charge in [0, 0.05) is 42.4 Å². The van der Waals surface area contributed by atoms with E-state index in [0.717, 1.165) is 16.4 Å². The van der Waals surface area contributed by atoms with Crippen LogP contribution in [0, 0.1) is 0 Å². The number of amides is 1. The summed E-state index contributed by atoms with van der Waals surface area (Å²) in [5.74, 6) is 0.303. The number of nitrogens with one attached hydrogen (secondary N) is 1. The van der Waals surface area contributed by atoms with E-state index in [9.17, 15) is 4.79 Å². The van der Waals surface area contributed by atoms with E-state index in [0.29, 0.717) is 18.7 Å². The van der Waals surface area contributed by atoms with Gasteiger partial charge in [-0.25, -0.2) is 9.67 Å². The van der Waals surface area contributed by atoms with E-state index in [1.54, 1.807) is 16.9 Å². The SMILES string of the molecule is O=C(NCCc1csc(-n2cccn2)n1)c1cc(-c2ccccc2)on1. The van der Waals surface area contributed by atoms with Crippen LogP contribution in [-0.4, -0.2) is 32.4 Å². The summed E-state index contributed by atoms with van der Waals surface area (Å²) < 4.78 is 6.97. The van der Waals surface area contributed by atoms with E-state index < -0.39 is 0 Å². The van der Waals surface area contributed by atoms with Crippen molar-refractivity contribution >= 4 is 17.2 Å². The fourth-order valence-electron chi connectivity index (χ4n) is 2.41. The van der Waals surface area contributed by atoms with Crippen molar-refractivity contribution in [3.05, 3.63) is 71.6 Å². The topological polar surface area (TPSA) is 85.8 Å². The summed E-state index contributed by atoms with van der Waals surface area (Å²) in [5.41, 5.74) is 2.05. The molecule has 8 heteroatoms. The number of carbonyl (C=O) groups excluding carboxylic acids is 1. The molecule has 0 saturated carbocycles. The fourth-order valence-corrected chi connectivity index (χ4v) is 3.21. The van der Waals surface area contributed by atoms with E-state index in [2.05, 4.69) is 20.6 Å². The molecule has 0 aliphatic heterocycles. The van der Waals surface area contributed by atoms with Crippen LogP contribution in [0.3, 0.4) is 0 Å². The monoisotopic (exact) mass is 365 g/mol. The Hall–Kier alpha value is -3.26. The first-order valence-electron chi connectivity index (χ1n) is 8.04. The summed E-state index contributed by atoms with van der Waals surface area (Å²) in [5, 5.41) is 13.6. The van der Waals surface area contributed by atoms with Crippen LogP contribution in [0.5, 0.6) is 0 Å². The summed E-state index contributed by atoms with van der Waals surface area (Å²) in [7, 11) is 0. The van der Waals surface area contributed by atoms with Crippen molar-refractivity contribution in [3.63, 3.8) is 0 Å². The maximum Gasteiger partial charge on any atom is 0.273 e. The lowest BCUT2D eigenvalue weighted by molar-refractivity contribution is 0.0945. The smallest absolute Gasteiger partial charge is 0.273 e. The Balaban J connectivity index is 1.33. The molecule has 1 aromatic carbocycles. The molecule has 0 fully saturated rings. The molecule has 3 aromatic heterocycles. The largest absolute Gasteiger partial charge is 0.355 e. The molecule has 3 heterocycles. The lowest BCUT2D eigenvalue weighted by Gasteiger charge is -2.00. The van der Waals surface area contributed by atoms with Gasteiger partial charge in [-0.3, -0.25) is 4.79 Å². The summed E-state index contributed by atoms with van der Waals surface area (Å²) in [6.45, 7) is 0.467. The van der Waals surface area contributed by atoms with Crippen molar-refractivity contribution in [2.45, 2.75) is 6.42 Å². The lowest BCUT2D eigenvalue weighted by Crippen LogP contribution is -2.26. The number of hydrogen-bond acceptors (Lipinski definition) is 6. The van der Waals surface area contributed by atoms with Crippen LogP contribution in [0.15, 0.2) is 64.8 Å². The molecule has 7 nitrogen and oxygen atoms in total. The van der Waals surface area contributed by atoms with Gasteiger partial charge in [-0.05, 0) is 6.07 Å². The lowest BCUT2D eigenvalue weighted by atomic mass is 10.1. The van der Waals surface area contributed by atoms with Crippen molar-refractivity contribution in [2.24, 2.45) is 0 Å². The Morgan fingerprint density at radius 2 is 2.12 bits per heavy atom. The van der Waals surface area contributed by atoms with Gasteiger partial charge in [0.05, 0.1) is 5.69 Å². The predicted octanol–water partition coefficient (Wildman–Crippen LogP) is 2.96. The van der Waals surface area contributed by atoms with Crippen LogP contribution in [0.25, 0.3) is 16.5 Å². The Labute approximate surface area is 153 Å². The molecule has 0 unspecified atom stereocenters. The number of rotatable bonds is 6. The molecule has 0 bridgehead atoms. The Kier molecular flexibility index (Phi) is 4.57. The molecule has 1 amide bonds. The summed E-state index contributed by atoms with van der Waals surface area (Å²) in [4.78, 5) is 16.7. The quantitative estimate of drug-likeness (QED) is 0.568. The molecule has 0 aliphatic carbocycles.